The van der Waals surface area contributed by atoms with Gasteiger partial charge in [-0.3, -0.25) is 9.59 Å². The van der Waals surface area contributed by atoms with Crippen molar-refractivity contribution >= 4 is 17.8 Å². The highest BCUT2D eigenvalue weighted by Crippen LogP contribution is 2.26. The Balaban J connectivity index is 1.65. The zero-order valence-corrected chi connectivity index (χ0v) is 16.1. The summed E-state index contributed by atoms with van der Waals surface area (Å²) in [6, 6.07) is 7.75. The molecular weight excluding hydrogens is 378 g/mol. The van der Waals surface area contributed by atoms with Gasteiger partial charge in [-0.05, 0) is 24.3 Å². The molecule has 2 heterocycles. The molecule has 0 aliphatic carbocycles. The second-order valence-corrected chi connectivity index (χ2v) is 6.39. The third kappa shape index (κ3) is 4.29. The van der Waals surface area contributed by atoms with Crippen molar-refractivity contribution in [3.63, 3.8) is 0 Å². The molecule has 1 aliphatic rings. The van der Waals surface area contributed by atoms with Crippen molar-refractivity contribution < 1.29 is 29.0 Å². The van der Waals surface area contributed by atoms with E-state index in [-0.39, 0.29) is 17.5 Å². The third-order valence-corrected chi connectivity index (χ3v) is 4.72. The van der Waals surface area contributed by atoms with Crippen molar-refractivity contribution in [1.82, 2.24) is 14.8 Å². The van der Waals surface area contributed by atoms with Crippen LogP contribution >= 0.6 is 0 Å². The van der Waals surface area contributed by atoms with Gasteiger partial charge in [-0.15, -0.1) is 0 Å². The van der Waals surface area contributed by atoms with Gasteiger partial charge in [0.05, 0.1) is 25.3 Å². The largest absolute Gasteiger partial charge is 0.497 e. The van der Waals surface area contributed by atoms with Gasteiger partial charge in [0, 0.05) is 38.4 Å². The number of hydrogen-bond acceptors (Lipinski definition) is 6. The molecule has 1 saturated heterocycles. The smallest absolute Gasteiger partial charge is 0.354 e. The fourth-order valence-electron chi connectivity index (χ4n) is 3.09. The van der Waals surface area contributed by atoms with Gasteiger partial charge in [0.15, 0.2) is 0 Å². The predicted molar refractivity (Wildman–Crippen MR) is 103 cm³/mol. The number of carboxylic acid groups (broad SMARTS) is 1. The Hall–Kier alpha value is -3.62. The molecule has 1 aromatic heterocycles. The summed E-state index contributed by atoms with van der Waals surface area (Å²) in [6.45, 7) is 1.48. The van der Waals surface area contributed by atoms with Crippen LogP contribution in [-0.2, 0) is 0 Å². The van der Waals surface area contributed by atoms with Crippen LogP contribution in [0.5, 0.6) is 11.5 Å². The van der Waals surface area contributed by atoms with Crippen LogP contribution in [0.25, 0.3) is 0 Å². The van der Waals surface area contributed by atoms with Gasteiger partial charge < -0.3 is 24.4 Å². The van der Waals surface area contributed by atoms with E-state index in [2.05, 4.69) is 4.98 Å². The summed E-state index contributed by atoms with van der Waals surface area (Å²) >= 11 is 0. The lowest BCUT2D eigenvalue weighted by atomic mass is 10.1. The lowest BCUT2D eigenvalue weighted by molar-refractivity contribution is 0.0533. The second kappa shape index (κ2) is 8.59. The highest BCUT2D eigenvalue weighted by atomic mass is 16.5. The molecule has 29 heavy (non-hydrogen) atoms. The Labute approximate surface area is 167 Å². The van der Waals surface area contributed by atoms with Gasteiger partial charge in [0.25, 0.3) is 11.8 Å². The van der Waals surface area contributed by atoms with Crippen molar-refractivity contribution in [3.05, 3.63) is 53.3 Å². The van der Waals surface area contributed by atoms with Crippen molar-refractivity contribution in [2.45, 2.75) is 0 Å². The number of carbonyl (C=O) groups excluding carboxylic acids is 2. The molecule has 1 fully saturated rings. The van der Waals surface area contributed by atoms with Crippen LogP contribution in [0.2, 0.25) is 0 Å². The number of benzene rings is 1. The van der Waals surface area contributed by atoms with Crippen molar-refractivity contribution in [1.29, 1.82) is 0 Å². The number of pyridine rings is 1. The van der Waals surface area contributed by atoms with Crippen LogP contribution in [0.15, 0.2) is 36.5 Å². The highest BCUT2D eigenvalue weighted by Gasteiger charge is 2.27. The minimum atomic E-state index is -1.15. The maximum Gasteiger partial charge on any atom is 0.354 e. The second-order valence-electron chi connectivity index (χ2n) is 6.39. The van der Waals surface area contributed by atoms with Crippen molar-refractivity contribution in [2.75, 3.05) is 40.4 Å². The SMILES string of the molecule is COc1ccc(C(=O)N2CCN(C(=O)c3ccc(C(=O)O)nc3)CC2)c(OC)c1. The summed E-state index contributed by atoms with van der Waals surface area (Å²) in [5, 5.41) is 8.89. The summed E-state index contributed by atoms with van der Waals surface area (Å²) in [6.07, 6.45) is 1.26. The number of carbonyl (C=O) groups is 3. The molecule has 9 nitrogen and oxygen atoms in total. The van der Waals surface area contributed by atoms with E-state index in [1.165, 1.54) is 32.5 Å². The first-order valence-corrected chi connectivity index (χ1v) is 8.94. The fraction of sp³-hybridized carbons (Fsp3) is 0.300. The van der Waals surface area contributed by atoms with E-state index in [1.807, 2.05) is 0 Å². The van der Waals surface area contributed by atoms with Crippen LogP contribution in [0.3, 0.4) is 0 Å². The Kier molecular flexibility index (Phi) is 5.96. The number of aromatic nitrogens is 1. The first-order chi connectivity index (χ1) is 13.9. The van der Waals surface area contributed by atoms with E-state index < -0.39 is 5.97 Å². The first kappa shape index (κ1) is 20.1. The molecule has 2 amide bonds. The Morgan fingerprint density at radius 1 is 0.931 bits per heavy atom. The lowest BCUT2D eigenvalue weighted by Gasteiger charge is -2.35. The molecule has 1 aliphatic heterocycles. The zero-order valence-electron chi connectivity index (χ0n) is 16.1. The summed E-state index contributed by atoms with van der Waals surface area (Å²) in [5.74, 6) is -0.550. The van der Waals surface area contributed by atoms with Crippen molar-refractivity contribution in [2.24, 2.45) is 0 Å². The van der Waals surface area contributed by atoms with E-state index in [4.69, 9.17) is 14.6 Å². The Morgan fingerprint density at radius 3 is 2.10 bits per heavy atom. The average Bonchev–Trinajstić information content (AvgIpc) is 2.77. The molecule has 1 aromatic carbocycles. The van der Waals surface area contributed by atoms with Crippen LogP contribution in [-0.4, -0.2) is 78.1 Å². The molecule has 2 aromatic rings. The Bertz CT molecular complexity index is 920. The van der Waals surface area contributed by atoms with E-state index in [9.17, 15) is 14.4 Å². The van der Waals surface area contributed by atoms with Gasteiger partial charge in [0.1, 0.15) is 17.2 Å². The van der Waals surface area contributed by atoms with Crippen LogP contribution in [0.4, 0.5) is 0 Å². The molecule has 9 heteroatoms. The predicted octanol–water partition coefficient (Wildman–Crippen LogP) is 1.40. The molecule has 0 atom stereocenters. The quantitative estimate of drug-likeness (QED) is 0.809. The summed E-state index contributed by atoms with van der Waals surface area (Å²) in [4.78, 5) is 43.4. The first-order valence-electron chi connectivity index (χ1n) is 8.94. The third-order valence-electron chi connectivity index (χ3n) is 4.72. The van der Waals surface area contributed by atoms with Crippen molar-refractivity contribution in [3.8, 4) is 11.5 Å². The number of hydrogen-bond donors (Lipinski definition) is 1. The molecule has 0 spiro atoms. The Morgan fingerprint density at radius 2 is 1.59 bits per heavy atom. The maximum absolute atomic E-state index is 12.9. The molecular formula is C20H21N3O6. The number of methoxy groups -OCH3 is 2. The number of nitrogens with zero attached hydrogens (tertiary/aromatic N) is 3. The van der Waals surface area contributed by atoms with Gasteiger partial charge in [-0.1, -0.05) is 0 Å². The minimum absolute atomic E-state index is 0.120. The highest BCUT2D eigenvalue weighted by molar-refractivity contribution is 5.98. The van der Waals surface area contributed by atoms with Crippen LogP contribution in [0.1, 0.15) is 31.2 Å². The zero-order chi connectivity index (χ0) is 21.0. The molecule has 0 bridgehead atoms. The molecule has 1 N–H and O–H groups in total. The monoisotopic (exact) mass is 399 g/mol. The van der Waals surface area contributed by atoms with Crippen LogP contribution in [0, 0.1) is 0 Å². The fourth-order valence-corrected chi connectivity index (χ4v) is 3.09. The number of aromatic carboxylic acids is 1. The van der Waals surface area contributed by atoms with Gasteiger partial charge in [-0.2, -0.15) is 0 Å². The number of carboxylic acids is 1. The summed E-state index contributed by atoms with van der Waals surface area (Å²) < 4.78 is 10.5. The standard InChI is InChI=1S/C20H21N3O6/c1-28-14-4-5-15(17(11-14)29-2)19(25)23-9-7-22(8-10-23)18(24)13-3-6-16(20(26)27)21-12-13/h3-6,11-12H,7-10H2,1-2H3,(H,26,27). The molecule has 0 radical (unpaired) electrons. The number of amides is 2. The van der Waals surface area contributed by atoms with Crippen LogP contribution < -0.4 is 9.47 Å². The van der Waals surface area contributed by atoms with E-state index in [0.29, 0.717) is 48.8 Å². The molecule has 0 saturated carbocycles. The average molecular weight is 399 g/mol. The number of rotatable bonds is 5. The summed E-state index contributed by atoms with van der Waals surface area (Å²) in [5.41, 5.74) is 0.624. The van der Waals surface area contributed by atoms with E-state index in [1.54, 1.807) is 28.0 Å². The van der Waals surface area contributed by atoms with Gasteiger partial charge >= 0.3 is 5.97 Å². The van der Waals surface area contributed by atoms with E-state index in [0.717, 1.165) is 0 Å². The molecule has 0 unspecified atom stereocenters. The minimum Gasteiger partial charge on any atom is -0.497 e. The summed E-state index contributed by atoms with van der Waals surface area (Å²) in [7, 11) is 3.03. The maximum atomic E-state index is 12.9. The normalized spacial score (nSPS) is 13.7. The number of piperazine rings is 1. The molecule has 152 valence electrons. The van der Waals surface area contributed by atoms with E-state index >= 15 is 0 Å². The lowest BCUT2D eigenvalue weighted by Crippen LogP contribution is -2.50. The van der Waals surface area contributed by atoms with Gasteiger partial charge in [0.2, 0.25) is 0 Å². The topological polar surface area (TPSA) is 109 Å². The molecule has 3 rings (SSSR count). The number of ether oxygens (including phenoxy) is 2. The van der Waals surface area contributed by atoms with Gasteiger partial charge in [-0.25, -0.2) is 9.78 Å².